The van der Waals surface area contributed by atoms with E-state index in [4.69, 9.17) is 17.0 Å². The summed E-state index contributed by atoms with van der Waals surface area (Å²) >= 11 is 5.42. The number of rotatable bonds is 2. The maximum atomic E-state index is 12.2. The number of phenols is 1. The van der Waals surface area contributed by atoms with Crippen molar-refractivity contribution in [2.45, 2.75) is 13.0 Å². The number of esters is 1. The van der Waals surface area contributed by atoms with E-state index >= 15 is 0 Å². The lowest BCUT2D eigenvalue weighted by atomic mass is 9.94. The molecule has 0 amide bonds. The van der Waals surface area contributed by atoms with Crippen molar-refractivity contribution in [3.05, 3.63) is 41.1 Å². The number of aromatic hydroxyl groups is 1. The molecule has 0 aliphatic carbocycles. The average molecular weight is 306 g/mol. The van der Waals surface area contributed by atoms with Crippen LogP contribution in [0.1, 0.15) is 18.5 Å². The third kappa shape index (κ3) is 2.58. The Labute approximate surface area is 129 Å². The molecule has 1 atom stereocenters. The molecule has 0 fully saturated rings. The van der Waals surface area contributed by atoms with Gasteiger partial charge in [-0.3, -0.25) is 0 Å². The Morgan fingerprint density at radius 2 is 1.86 bits per heavy atom. The van der Waals surface area contributed by atoms with Gasteiger partial charge in [-0.05, 0) is 36.8 Å². The van der Waals surface area contributed by atoms with Crippen LogP contribution in [0, 0.1) is 0 Å². The Balaban J connectivity index is 2.60. The number of hydrogen-bond donors (Lipinski definition) is 1. The molecular weight excluding hydrogens is 288 g/mol. The topological polar surface area (TPSA) is 53.0 Å². The highest BCUT2D eigenvalue weighted by Crippen LogP contribution is 2.36. The largest absolute Gasteiger partial charge is 0.508 e. The third-order valence-corrected chi connectivity index (χ3v) is 4.32. The molecular formula is C15H18N2O3S. The van der Waals surface area contributed by atoms with Gasteiger partial charge < -0.3 is 19.6 Å². The standard InChI is InChI=1S/C15H18N2O3S/c1-9-12(14(19)20-4)13(17(3)15(21)16(9)2)10-5-7-11(18)8-6-10/h5-8,13,18H,1-4H3. The molecule has 0 saturated heterocycles. The van der Waals surface area contributed by atoms with Crippen molar-refractivity contribution in [1.82, 2.24) is 9.80 Å². The Morgan fingerprint density at radius 1 is 1.29 bits per heavy atom. The molecule has 1 unspecified atom stereocenters. The Kier molecular flexibility index (Phi) is 4.18. The summed E-state index contributed by atoms with van der Waals surface area (Å²) in [6.07, 6.45) is 0. The molecule has 0 saturated carbocycles. The minimum absolute atomic E-state index is 0.178. The molecule has 6 heteroatoms. The Hall–Kier alpha value is -2.08. The highest BCUT2D eigenvalue weighted by atomic mass is 32.1. The summed E-state index contributed by atoms with van der Waals surface area (Å²) in [5.41, 5.74) is 2.18. The van der Waals surface area contributed by atoms with Gasteiger partial charge in [0.05, 0.1) is 18.7 Å². The highest BCUT2D eigenvalue weighted by molar-refractivity contribution is 7.80. The minimum atomic E-state index is -0.383. The molecule has 0 aromatic heterocycles. The zero-order valence-electron chi connectivity index (χ0n) is 12.5. The monoisotopic (exact) mass is 306 g/mol. The first-order chi connectivity index (χ1) is 9.88. The number of benzene rings is 1. The molecule has 0 bridgehead atoms. The summed E-state index contributed by atoms with van der Waals surface area (Å²) in [6.45, 7) is 1.85. The first kappa shape index (κ1) is 15.3. The van der Waals surface area contributed by atoms with Crippen LogP contribution in [0.5, 0.6) is 5.75 Å². The molecule has 0 spiro atoms. The molecule has 1 aromatic rings. The predicted octanol–water partition coefficient (Wildman–Crippen LogP) is 2.04. The van der Waals surface area contributed by atoms with E-state index < -0.39 is 0 Å². The van der Waals surface area contributed by atoms with E-state index in [0.29, 0.717) is 10.7 Å². The summed E-state index contributed by atoms with van der Waals surface area (Å²) in [7, 11) is 5.03. The molecule has 0 radical (unpaired) electrons. The Bertz CT molecular complexity index is 610. The van der Waals surface area contributed by atoms with Crippen LogP contribution >= 0.6 is 12.2 Å². The van der Waals surface area contributed by atoms with Crippen LogP contribution in [0.15, 0.2) is 35.5 Å². The van der Waals surface area contributed by atoms with Crippen molar-refractivity contribution in [1.29, 1.82) is 0 Å². The van der Waals surface area contributed by atoms with Gasteiger partial charge in [0.25, 0.3) is 0 Å². The fraction of sp³-hybridized carbons (Fsp3) is 0.333. The van der Waals surface area contributed by atoms with Gasteiger partial charge in [-0.15, -0.1) is 0 Å². The SMILES string of the molecule is COC(=O)C1=C(C)N(C)C(=S)N(C)C1c1ccc(O)cc1. The van der Waals surface area contributed by atoms with Gasteiger partial charge in [-0.2, -0.15) is 0 Å². The van der Waals surface area contributed by atoms with E-state index in [1.165, 1.54) is 7.11 Å². The van der Waals surface area contributed by atoms with Crippen molar-refractivity contribution in [3.63, 3.8) is 0 Å². The second-order valence-electron chi connectivity index (χ2n) is 4.94. The molecule has 1 aliphatic rings. The lowest BCUT2D eigenvalue weighted by molar-refractivity contribution is -0.137. The van der Waals surface area contributed by atoms with Gasteiger partial charge in [0.2, 0.25) is 0 Å². The van der Waals surface area contributed by atoms with Crippen molar-refractivity contribution in [2.24, 2.45) is 0 Å². The number of phenolic OH excluding ortho intramolecular Hbond substituents is 1. The average Bonchev–Trinajstić information content (AvgIpc) is 2.49. The van der Waals surface area contributed by atoms with Gasteiger partial charge in [0.15, 0.2) is 5.11 Å². The smallest absolute Gasteiger partial charge is 0.337 e. The number of thiocarbonyl (C=S) groups is 1. The highest BCUT2D eigenvalue weighted by Gasteiger charge is 2.37. The summed E-state index contributed by atoms with van der Waals surface area (Å²) in [5.74, 6) is -0.205. The second-order valence-corrected chi connectivity index (χ2v) is 5.30. The van der Waals surface area contributed by atoms with E-state index in [1.807, 2.05) is 25.9 Å². The normalized spacial score (nSPS) is 19.0. The fourth-order valence-corrected chi connectivity index (χ4v) is 2.72. The molecule has 5 nitrogen and oxygen atoms in total. The van der Waals surface area contributed by atoms with E-state index in [0.717, 1.165) is 11.3 Å². The van der Waals surface area contributed by atoms with Gasteiger partial charge in [-0.25, -0.2) is 4.79 Å². The van der Waals surface area contributed by atoms with Gasteiger partial charge in [-0.1, -0.05) is 12.1 Å². The zero-order chi connectivity index (χ0) is 15.7. The molecule has 1 N–H and O–H groups in total. The van der Waals surface area contributed by atoms with Crippen LogP contribution in [-0.4, -0.2) is 47.2 Å². The Morgan fingerprint density at radius 3 is 2.38 bits per heavy atom. The van der Waals surface area contributed by atoms with Crippen LogP contribution < -0.4 is 0 Å². The van der Waals surface area contributed by atoms with Crippen LogP contribution in [0.2, 0.25) is 0 Å². The molecule has 2 rings (SSSR count). The molecule has 1 aromatic carbocycles. The maximum absolute atomic E-state index is 12.2. The molecule has 1 aliphatic heterocycles. The second kappa shape index (κ2) is 5.73. The van der Waals surface area contributed by atoms with Gasteiger partial charge in [0.1, 0.15) is 5.75 Å². The minimum Gasteiger partial charge on any atom is -0.508 e. The van der Waals surface area contributed by atoms with Crippen molar-refractivity contribution in [2.75, 3.05) is 21.2 Å². The summed E-state index contributed by atoms with van der Waals surface area (Å²) in [4.78, 5) is 15.8. The molecule has 112 valence electrons. The van der Waals surface area contributed by atoms with Crippen LogP contribution in [0.25, 0.3) is 0 Å². The number of likely N-dealkylation sites (N-methyl/N-ethyl adjacent to an activating group) is 1. The summed E-state index contributed by atoms with van der Waals surface area (Å²) in [6, 6.07) is 6.41. The van der Waals surface area contributed by atoms with E-state index in [9.17, 15) is 9.90 Å². The van der Waals surface area contributed by atoms with Gasteiger partial charge >= 0.3 is 5.97 Å². The van der Waals surface area contributed by atoms with Crippen molar-refractivity contribution < 1.29 is 14.6 Å². The quantitative estimate of drug-likeness (QED) is 0.666. The third-order valence-electron chi connectivity index (χ3n) is 3.76. The number of ether oxygens (including phenoxy) is 1. The first-order valence-corrected chi connectivity index (χ1v) is 6.87. The van der Waals surface area contributed by atoms with Crippen LogP contribution in [0.3, 0.4) is 0 Å². The van der Waals surface area contributed by atoms with Crippen LogP contribution in [0.4, 0.5) is 0 Å². The summed E-state index contributed by atoms with van der Waals surface area (Å²) in [5, 5.41) is 10.1. The number of methoxy groups -OCH3 is 1. The van der Waals surface area contributed by atoms with Crippen molar-refractivity contribution >= 4 is 23.3 Å². The van der Waals surface area contributed by atoms with E-state index in [2.05, 4.69) is 0 Å². The van der Waals surface area contributed by atoms with Crippen LogP contribution in [-0.2, 0) is 9.53 Å². The molecule has 1 heterocycles. The summed E-state index contributed by atoms with van der Waals surface area (Å²) < 4.78 is 4.92. The van der Waals surface area contributed by atoms with E-state index in [-0.39, 0.29) is 17.8 Å². The van der Waals surface area contributed by atoms with E-state index in [1.54, 1.807) is 29.2 Å². The van der Waals surface area contributed by atoms with Gasteiger partial charge in [0, 0.05) is 19.8 Å². The van der Waals surface area contributed by atoms with Crippen molar-refractivity contribution in [3.8, 4) is 5.75 Å². The fourth-order valence-electron chi connectivity index (χ4n) is 2.48. The molecule has 21 heavy (non-hydrogen) atoms. The lowest BCUT2D eigenvalue weighted by Gasteiger charge is -2.41. The lowest BCUT2D eigenvalue weighted by Crippen LogP contribution is -2.47. The maximum Gasteiger partial charge on any atom is 0.337 e. The number of carbonyl (C=O) groups is 1. The predicted molar refractivity (Wildman–Crippen MR) is 83.7 cm³/mol. The number of hydrogen-bond acceptors (Lipinski definition) is 4. The number of allylic oxidation sites excluding steroid dienone is 1. The zero-order valence-corrected chi connectivity index (χ0v) is 13.3. The first-order valence-electron chi connectivity index (χ1n) is 6.47. The number of carbonyl (C=O) groups excluding carboxylic acids is 1. The number of nitrogens with zero attached hydrogens (tertiary/aromatic N) is 2.